The Balaban J connectivity index is 1.52. The van der Waals surface area contributed by atoms with Gasteiger partial charge in [-0.1, -0.05) is 0 Å². The fourth-order valence-corrected chi connectivity index (χ4v) is 5.78. The van der Waals surface area contributed by atoms with Gasteiger partial charge < -0.3 is 28.6 Å². The van der Waals surface area contributed by atoms with E-state index in [1.807, 2.05) is 0 Å². The van der Waals surface area contributed by atoms with Crippen LogP contribution < -0.4 is 24.5 Å². The zero-order valence-electron chi connectivity index (χ0n) is 20.3. The average molecular weight is 493 g/mol. The minimum atomic E-state index is -0.192. The summed E-state index contributed by atoms with van der Waals surface area (Å²) in [6.45, 7) is 2.38. The van der Waals surface area contributed by atoms with E-state index < -0.39 is 0 Å². The van der Waals surface area contributed by atoms with Crippen molar-refractivity contribution in [2.75, 3.05) is 40.7 Å². The van der Waals surface area contributed by atoms with Gasteiger partial charge in [0, 0.05) is 35.6 Å². The van der Waals surface area contributed by atoms with E-state index in [2.05, 4.69) is 4.90 Å². The molecule has 9 nitrogen and oxygen atoms in total. The summed E-state index contributed by atoms with van der Waals surface area (Å²) in [5, 5.41) is 10.6. The van der Waals surface area contributed by atoms with E-state index in [4.69, 9.17) is 18.9 Å². The molecule has 1 N–H and O–H groups in total. The first kappa shape index (κ1) is 22.9. The summed E-state index contributed by atoms with van der Waals surface area (Å²) in [7, 11) is 3.05. The lowest BCUT2D eigenvalue weighted by Crippen LogP contribution is -2.34. The van der Waals surface area contributed by atoms with Gasteiger partial charge in [0.25, 0.3) is 5.56 Å². The van der Waals surface area contributed by atoms with Crippen molar-refractivity contribution in [2.24, 2.45) is 0 Å². The quantitative estimate of drug-likeness (QED) is 0.421. The number of carbonyl (C=O) groups excluding carboxylic acids is 1. The van der Waals surface area contributed by atoms with Crippen molar-refractivity contribution in [3.8, 4) is 34.3 Å². The van der Waals surface area contributed by atoms with Gasteiger partial charge in [-0.25, -0.2) is 0 Å². The Labute approximate surface area is 207 Å². The molecular formula is C27H28N2O7. The molecule has 1 aromatic heterocycles. The molecule has 36 heavy (non-hydrogen) atoms. The lowest BCUT2D eigenvalue weighted by atomic mass is 10.0. The number of ketones is 1. The molecule has 0 saturated carbocycles. The lowest BCUT2D eigenvalue weighted by Gasteiger charge is -2.23. The summed E-state index contributed by atoms with van der Waals surface area (Å²) < 4.78 is 23.7. The van der Waals surface area contributed by atoms with Gasteiger partial charge in [-0.15, -0.1) is 0 Å². The highest BCUT2D eigenvalue weighted by Crippen LogP contribution is 2.46. The first-order chi connectivity index (χ1) is 17.5. The molecule has 1 aliphatic carbocycles. The lowest BCUT2D eigenvalue weighted by molar-refractivity contribution is 0.104. The fourth-order valence-electron chi connectivity index (χ4n) is 5.78. The van der Waals surface area contributed by atoms with E-state index in [0.717, 1.165) is 25.9 Å². The highest BCUT2D eigenvalue weighted by atomic mass is 16.7. The Hall–Kier alpha value is -3.56. The van der Waals surface area contributed by atoms with Crippen LogP contribution in [-0.4, -0.2) is 67.1 Å². The summed E-state index contributed by atoms with van der Waals surface area (Å²) in [6.07, 6.45) is 2.75. The van der Waals surface area contributed by atoms with Gasteiger partial charge in [0.15, 0.2) is 28.8 Å². The van der Waals surface area contributed by atoms with Crippen molar-refractivity contribution in [3.05, 3.63) is 45.7 Å². The summed E-state index contributed by atoms with van der Waals surface area (Å²) in [6, 6.07) is 7.03. The minimum absolute atomic E-state index is 0.0999. The van der Waals surface area contributed by atoms with Gasteiger partial charge in [-0.05, 0) is 50.1 Å². The van der Waals surface area contributed by atoms with Crippen LogP contribution in [0.3, 0.4) is 0 Å². The van der Waals surface area contributed by atoms with Crippen LogP contribution in [0, 0.1) is 0 Å². The van der Waals surface area contributed by atoms with E-state index in [0.29, 0.717) is 69.1 Å². The number of pyridine rings is 1. The van der Waals surface area contributed by atoms with Gasteiger partial charge in [0.2, 0.25) is 6.79 Å². The number of fused-ring (bicyclic) bond motifs is 6. The van der Waals surface area contributed by atoms with Crippen LogP contribution in [0.4, 0.5) is 0 Å². The van der Waals surface area contributed by atoms with Gasteiger partial charge in [0.1, 0.15) is 0 Å². The molecule has 1 saturated heterocycles. The van der Waals surface area contributed by atoms with Crippen molar-refractivity contribution in [2.45, 2.75) is 31.8 Å². The minimum Gasteiger partial charge on any atom is -0.493 e. The van der Waals surface area contributed by atoms with Gasteiger partial charge in [-0.3, -0.25) is 14.5 Å². The highest BCUT2D eigenvalue weighted by Gasteiger charge is 2.36. The number of nitrogens with zero attached hydrogens (tertiary/aromatic N) is 2. The number of aliphatic hydroxyl groups is 1. The van der Waals surface area contributed by atoms with Gasteiger partial charge >= 0.3 is 0 Å². The molecule has 188 valence electrons. The Morgan fingerprint density at radius 3 is 2.36 bits per heavy atom. The van der Waals surface area contributed by atoms with Crippen molar-refractivity contribution >= 4 is 16.6 Å². The average Bonchev–Trinajstić information content (AvgIpc) is 3.62. The molecule has 2 aliphatic heterocycles. The molecule has 6 rings (SSSR count). The summed E-state index contributed by atoms with van der Waals surface area (Å²) in [5.74, 6) is 1.80. The maximum atomic E-state index is 13.9. The number of ether oxygens (including phenoxy) is 4. The van der Waals surface area contributed by atoms with E-state index >= 15 is 0 Å². The summed E-state index contributed by atoms with van der Waals surface area (Å²) >= 11 is 0. The molecule has 3 heterocycles. The smallest absolute Gasteiger partial charge is 0.259 e. The third-order valence-corrected chi connectivity index (χ3v) is 7.55. The number of rotatable bonds is 7. The Morgan fingerprint density at radius 2 is 1.67 bits per heavy atom. The molecule has 0 spiro atoms. The summed E-state index contributed by atoms with van der Waals surface area (Å²) in [4.78, 5) is 29.9. The number of carbonyl (C=O) groups is 1. The Bertz CT molecular complexity index is 1440. The molecule has 1 fully saturated rings. The van der Waals surface area contributed by atoms with Crippen LogP contribution in [-0.2, 0) is 6.54 Å². The highest BCUT2D eigenvalue weighted by molar-refractivity contribution is 6.27. The van der Waals surface area contributed by atoms with Crippen molar-refractivity contribution in [1.29, 1.82) is 0 Å². The topological polar surface area (TPSA) is 99.5 Å². The molecular weight excluding hydrogens is 464 g/mol. The van der Waals surface area contributed by atoms with Gasteiger partial charge in [0.05, 0.1) is 37.5 Å². The zero-order valence-corrected chi connectivity index (χ0v) is 20.3. The number of aliphatic hydroxyl groups excluding tert-OH is 1. The summed E-state index contributed by atoms with van der Waals surface area (Å²) in [5.41, 5.74) is 2.03. The molecule has 0 radical (unpaired) electrons. The van der Waals surface area contributed by atoms with Crippen LogP contribution in [0.1, 0.15) is 35.2 Å². The van der Waals surface area contributed by atoms with Gasteiger partial charge in [-0.2, -0.15) is 0 Å². The Morgan fingerprint density at radius 1 is 0.972 bits per heavy atom. The molecule has 3 aliphatic rings. The predicted octanol–water partition coefficient (Wildman–Crippen LogP) is 2.81. The number of aromatic nitrogens is 1. The van der Waals surface area contributed by atoms with E-state index in [1.165, 1.54) is 14.2 Å². The standard InChI is InChI=1S/C27H28N2O7/c1-33-20-9-16-19(12-21(20)34-2)27(32)29(8-4-7-28-6-3-5-15(28)13-30)25-17-10-22-23(36-14-35-22)11-18(17)26(31)24(16)25/h9-12,15,30H,3-8,13-14H2,1-2H3/t15-/m1/s1. The molecule has 0 bridgehead atoms. The molecule has 9 heteroatoms. The maximum absolute atomic E-state index is 13.9. The molecule has 2 aromatic carbocycles. The third-order valence-electron chi connectivity index (χ3n) is 7.55. The van der Waals surface area contributed by atoms with Crippen molar-refractivity contribution in [1.82, 2.24) is 9.47 Å². The molecule has 0 unspecified atom stereocenters. The number of hydrogen-bond acceptors (Lipinski definition) is 8. The van der Waals surface area contributed by atoms with E-state index in [9.17, 15) is 14.7 Å². The van der Waals surface area contributed by atoms with Crippen LogP contribution in [0.15, 0.2) is 29.1 Å². The number of benzene rings is 2. The normalized spacial score (nSPS) is 18.1. The number of likely N-dealkylation sites (tertiary alicyclic amines) is 1. The molecule has 3 aromatic rings. The number of methoxy groups -OCH3 is 2. The predicted molar refractivity (Wildman–Crippen MR) is 133 cm³/mol. The Kier molecular flexibility index (Phi) is 5.61. The van der Waals surface area contributed by atoms with Crippen LogP contribution in [0.25, 0.3) is 22.0 Å². The third kappa shape index (κ3) is 3.37. The first-order valence-electron chi connectivity index (χ1n) is 12.2. The van der Waals surface area contributed by atoms with E-state index in [-0.39, 0.29) is 30.8 Å². The van der Waals surface area contributed by atoms with Crippen molar-refractivity contribution in [3.63, 3.8) is 0 Å². The van der Waals surface area contributed by atoms with Crippen LogP contribution in [0.2, 0.25) is 0 Å². The van der Waals surface area contributed by atoms with Crippen LogP contribution >= 0.6 is 0 Å². The molecule has 1 atom stereocenters. The number of hydrogen-bond donors (Lipinski definition) is 1. The van der Waals surface area contributed by atoms with Crippen LogP contribution in [0.5, 0.6) is 23.0 Å². The zero-order chi connectivity index (χ0) is 25.0. The fraction of sp³-hybridized carbons (Fsp3) is 0.407. The second kappa shape index (κ2) is 8.83. The second-order valence-corrected chi connectivity index (χ2v) is 9.38. The van der Waals surface area contributed by atoms with E-state index in [1.54, 1.807) is 28.8 Å². The molecule has 0 amide bonds. The monoisotopic (exact) mass is 492 g/mol. The maximum Gasteiger partial charge on any atom is 0.259 e. The first-order valence-corrected chi connectivity index (χ1v) is 12.2. The van der Waals surface area contributed by atoms with Crippen molar-refractivity contribution < 1.29 is 28.8 Å². The SMILES string of the molecule is COc1cc2c3c(n(CCCN4CCC[C@@H]4CO)c(=O)c2cc1OC)-c1cc2c(cc1C3=O)OCO2. The largest absolute Gasteiger partial charge is 0.493 e. The second-order valence-electron chi connectivity index (χ2n) is 9.38.